The molecule has 0 saturated carbocycles. The Morgan fingerprint density at radius 3 is 2.48 bits per heavy atom. The highest BCUT2D eigenvalue weighted by Crippen LogP contribution is 2.32. The van der Waals surface area contributed by atoms with Crippen LogP contribution in [0.1, 0.15) is 13.8 Å². The number of rotatable bonds is 6. The fraction of sp³-hybridized carbons (Fsp3) is 0.421. The number of para-hydroxylation sites is 1. The average Bonchev–Trinajstić information content (AvgIpc) is 2.89. The van der Waals surface area contributed by atoms with Gasteiger partial charge in [-0.15, -0.1) is 0 Å². The first-order valence-electron chi connectivity index (χ1n) is 8.43. The SMILES string of the molecule is CCN(CC)CCN(C)c1nccc2c3ccccc3n(C)c12. The second-order valence-electron chi connectivity index (χ2n) is 6.06. The zero-order valence-corrected chi connectivity index (χ0v) is 14.6. The summed E-state index contributed by atoms with van der Waals surface area (Å²) in [7, 11) is 4.27. The first-order valence-corrected chi connectivity index (χ1v) is 8.43. The minimum Gasteiger partial charge on any atom is -0.357 e. The topological polar surface area (TPSA) is 24.3 Å². The van der Waals surface area contributed by atoms with E-state index in [1.165, 1.54) is 21.8 Å². The van der Waals surface area contributed by atoms with E-state index in [4.69, 9.17) is 0 Å². The molecule has 0 aliphatic carbocycles. The molecule has 23 heavy (non-hydrogen) atoms. The van der Waals surface area contributed by atoms with Crippen LogP contribution in [0.2, 0.25) is 0 Å². The Morgan fingerprint density at radius 1 is 1.00 bits per heavy atom. The van der Waals surface area contributed by atoms with E-state index in [0.717, 1.165) is 32.0 Å². The summed E-state index contributed by atoms with van der Waals surface area (Å²) in [6.07, 6.45) is 1.93. The average molecular weight is 310 g/mol. The molecule has 0 N–H and O–H groups in total. The van der Waals surface area contributed by atoms with Gasteiger partial charge in [0.2, 0.25) is 0 Å². The second-order valence-corrected chi connectivity index (χ2v) is 6.06. The van der Waals surface area contributed by atoms with Gasteiger partial charge in [-0.3, -0.25) is 0 Å². The fourth-order valence-electron chi connectivity index (χ4n) is 3.32. The van der Waals surface area contributed by atoms with Crippen molar-refractivity contribution in [2.75, 3.05) is 38.1 Å². The maximum atomic E-state index is 4.68. The molecule has 0 radical (unpaired) electrons. The summed E-state index contributed by atoms with van der Waals surface area (Å²) in [5.74, 6) is 1.06. The minimum atomic E-state index is 0.981. The lowest BCUT2D eigenvalue weighted by Gasteiger charge is -2.24. The van der Waals surface area contributed by atoms with Gasteiger partial charge in [0.15, 0.2) is 5.82 Å². The van der Waals surface area contributed by atoms with Gasteiger partial charge in [0.25, 0.3) is 0 Å². The number of hydrogen-bond donors (Lipinski definition) is 0. The highest BCUT2D eigenvalue weighted by Gasteiger charge is 2.15. The van der Waals surface area contributed by atoms with Crippen molar-refractivity contribution in [3.8, 4) is 0 Å². The van der Waals surface area contributed by atoms with E-state index in [1.54, 1.807) is 0 Å². The number of pyridine rings is 1. The first kappa shape index (κ1) is 15.8. The van der Waals surface area contributed by atoms with E-state index in [2.05, 4.69) is 77.6 Å². The molecule has 1 aromatic carbocycles. The van der Waals surface area contributed by atoms with Crippen molar-refractivity contribution < 1.29 is 0 Å². The van der Waals surface area contributed by atoms with E-state index < -0.39 is 0 Å². The van der Waals surface area contributed by atoms with E-state index in [-0.39, 0.29) is 0 Å². The van der Waals surface area contributed by atoms with Gasteiger partial charge < -0.3 is 14.4 Å². The van der Waals surface area contributed by atoms with Gasteiger partial charge in [-0.1, -0.05) is 32.0 Å². The molecule has 3 aromatic rings. The maximum Gasteiger partial charge on any atom is 0.152 e. The molecule has 0 bridgehead atoms. The molecule has 0 spiro atoms. The summed E-state index contributed by atoms with van der Waals surface area (Å²) in [6.45, 7) is 8.66. The molecule has 0 amide bonds. The van der Waals surface area contributed by atoms with Crippen LogP contribution >= 0.6 is 0 Å². The molecule has 0 unspecified atom stereocenters. The summed E-state index contributed by atoms with van der Waals surface area (Å²) >= 11 is 0. The normalized spacial score (nSPS) is 11.7. The van der Waals surface area contributed by atoms with Crippen molar-refractivity contribution in [1.82, 2.24) is 14.5 Å². The molecule has 4 nitrogen and oxygen atoms in total. The van der Waals surface area contributed by atoms with Gasteiger partial charge in [0.05, 0.1) is 5.52 Å². The van der Waals surface area contributed by atoms with E-state index >= 15 is 0 Å². The van der Waals surface area contributed by atoms with E-state index in [9.17, 15) is 0 Å². The number of aryl methyl sites for hydroxylation is 1. The van der Waals surface area contributed by atoms with Crippen LogP contribution in [-0.4, -0.2) is 47.7 Å². The van der Waals surface area contributed by atoms with Crippen LogP contribution in [0, 0.1) is 0 Å². The Hall–Kier alpha value is -2.07. The molecule has 2 heterocycles. The molecular weight excluding hydrogens is 284 g/mol. The molecule has 0 fully saturated rings. The third kappa shape index (κ3) is 2.79. The first-order chi connectivity index (χ1) is 11.2. The largest absolute Gasteiger partial charge is 0.357 e. The van der Waals surface area contributed by atoms with Crippen LogP contribution in [0.4, 0.5) is 5.82 Å². The zero-order valence-electron chi connectivity index (χ0n) is 14.6. The van der Waals surface area contributed by atoms with Crippen molar-refractivity contribution in [3.63, 3.8) is 0 Å². The van der Waals surface area contributed by atoms with Crippen LogP contribution < -0.4 is 4.90 Å². The predicted octanol–water partition coefficient (Wildman–Crippen LogP) is 3.50. The summed E-state index contributed by atoms with van der Waals surface area (Å²) in [6, 6.07) is 10.7. The predicted molar refractivity (Wildman–Crippen MR) is 99.3 cm³/mol. The Bertz CT molecular complexity index is 802. The number of nitrogens with zero attached hydrogens (tertiary/aromatic N) is 4. The van der Waals surface area contributed by atoms with E-state index in [1.807, 2.05) is 6.20 Å². The number of anilines is 1. The van der Waals surface area contributed by atoms with Crippen LogP contribution in [0.3, 0.4) is 0 Å². The Labute approximate surface area is 138 Å². The fourth-order valence-corrected chi connectivity index (χ4v) is 3.32. The summed E-state index contributed by atoms with van der Waals surface area (Å²) in [5, 5.41) is 2.58. The minimum absolute atomic E-state index is 0.981. The molecule has 2 aromatic heterocycles. The highest BCUT2D eigenvalue weighted by molar-refractivity contribution is 6.11. The van der Waals surface area contributed by atoms with Crippen LogP contribution in [0.25, 0.3) is 21.8 Å². The van der Waals surface area contributed by atoms with Crippen molar-refractivity contribution in [1.29, 1.82) is 0 Å². The lowest BCUT2D eigenvalue weighted by Crippen LogP contribution is -2.33. The summed E-state index contributed by atoms with van der Waals surface area (Å²) in [4.78, 5) is 9.40. The molecule has 4 heteroatoms. The third-order valence-electron chi connectivity index (χ3n) is 4.80. The Balaban J connectivity index is 2.01. The number of hydrogen-bond acceptors (Lipinski definition) is 3. The van der Waals surface area contributed by atoms with Gasteiger partial charge in [-0.2, -0.15) is 0 Å². The van der Waals surface area contributed by atoms with Gasteiger partial charge in [0.1, 0.15) is 0 Å². The summed E-state index contributed by atoms with van der Waals surface area (Å²) in [5.41, 5.74) is 2.48. The molecule has 0 atom stereocenters. The number of likely N-dealkylation sites (N-methyl/N-ethyl adjacent to an activating group) is 2. The quantitative estimate of drug-likeness (QED) is 0.696. The van der Waals surface area contributed by atoms with Crippen molar-refractivity contribution in [3.05, 3.63) is 36.5 Å². The van der Waals surface area contributed by atoms with Gasteiger partial charge in [-0.25, -0.2) is 4.98 Å². The Kier molecular flexibility index (Phi) is 4.53. The van der Waals surface area contributed by atoms with Crippen LogP contribution in [0.15, 0.2) is 36.5 Å². The molecule has 0 aliphatic heterocycles. The molecular formula is C19H26N4. The van der Waals surface area contributed by atoms with Gasteiger partial charge in [-0.05, 0) is 25.2 Å². The zero-order chi connectivity index (χ0) is 16.4. The number of fused-ring (bicyclic) bond motifs is 3. The monoisotopic (exact) mass is 310 g/mol. The highest BCUT2D eigenvalue weighted by atomic mass is 15.2. The van der Waals surface area contributed by atoms with Crippen LogP contribution in [0.5, 0.6) is 0 Å². The lowest BCUT2D eigenvalue weighted by atomic mass is 10.2. The molecule has 3 rings (SSSR count). The van der Waals surface area contributed by atoms with Crippen molar-refractivity contribution in [2.24, 2.45) is 7.05 Å². The van der Waals surface area contributed by atoms with Gasteiger partial charge >= 0.3 is 0 Å². The van der Waals surface area contributed by atoms with Crippen molar-refractivity contribution >= 4 is 27.6 Å². The number of aromatic nitrogens is 2. The standard InChI is InChI=1S/C19H26N4/c1-5-23(6-2)14-13-21(3)19-18-16(11-12-20-19)15-9-7-8-10-17(15)22(18)4/h7-12H,5-6,13-14H2,1-4H3. The number of benzene rings is 1. The Morgan fingerprint density at radius 2 is 1.74 bits per heavy atom. The van der Waals surface area contributed by atoms with Crippen molar-refractivity contribution in [2.45, 2.75) is 13.8 Å². The molecule has 0 aliphatic rings. The van der Waals surface area contributed by atoms with Crippen LogP contribution in [-0.2, 0) is 7.05 Å². The second kappa shape index (κ2) is 6.59. The van der Waals surface area contributed by atoms with E-state index in [0.29, 0.717) is 0 Å². The molecule has 122 valence electrons. The maximum absolute atomic E-state index is 4.68. The summed E-state index contributed by atoms with van der Waals surface area (Å²) < 4.78 is 2.26. The van der Waals surface area contributed by atoms with Gasteiger partial charge in [0, 0.05) is 49.7 Å². The smallest absolute Gasteiger partial charge is 0.152 e. The lowest BCUT2D eigenvalue weighted by molar-refractivity contribution is 0.311. The molecule has 0 saturated heterocycles. The third-order valence-corrected chi connectivity index (χ3v) is 4.80.